The first-order valence-electron chi connectivity index (χ1n) is 9.15. The minimum absolute atomic E-state index is 0.0555. The van der Waals surface area contributed by atoms with E-state index in [1.807, 2.05) is 6.07 Å². The molecule has 2 aromatic carbocycles. The Morgan fingerprint density at radius 2 is 1.77 bits per heavy atom. The molecule has 3 rings (SSSR count). The fraction of sp³-hybridized carbons (Fsp3) is 0.190. The molecule has 4 N–H and O–H groups in total. The second-order valence-corrected chi connectivity index (χ2v) is 7.37. The minimum Gasteiger partial charge on any atom is -0.378 e. The van der Waals surface area contributed by atoms with Gasteiger partial charge in [0.05, 0.1) is 17.4 Å². The summed E-state index contributed by atoms with van der Waals surface area (Å²) in [5.74, 6) is -0.889. The highest BCUT2D eigenvalue weighted by Crippen LogP contribution is 2.32. The maximum atomic E-state index is 12.9. The summed E-state index contributed by atoms with van der Waals surface area (Å²) >= 11 is 5.77. The van der Waals surface area contributed by atoms with Crippen LogP contribution in [0.5, 0.6) is 0 Å². The first-order chi connectivity index (χ1) is 14.6. The normalized spacial score (nSPS) is 11.4. The first kappa shape index (κ1) is 22.4. The highest BCUT2D eigenvalue weighted by atomic mass is 35.5. The zero-order valence-electron chi connectivity index (χ0n) is 16.1. The van der Waals surface area contributed by atoms with Gasteiger partial charge < -0.3 is 11.1 Å². The second kappa shape index (κ2) is 9.22. The lowest BCUT2D eigenvalue weighted by Crippen LogP contribution is -2.14. The molecule has 0 saturated carbocycles. The van der Waals surface area contributed by atoms with E-state index in [4.69, 9.17) is 17.3 Å². The third-order valence-corrected chi connectivity index (χ3v) is 4.67. The Labute approximate surface area is 180 Å². The molecule has 0 spiro atoms. The summed E-state index contributed by atoms with van der Waals surface area (Å²) in [6, 6.07) is 10.3. The van der Waals surface area contributed by atoms with Gasteiger partial charge in [0.25, 0.3) is 5.91 Å². The van der Waals surface area contributed by atoms with E-state index in [9.17, 15) is 22.8 Å². The van der Waals surface area contributed by atoms with Gasteiger partial charge in [0, 0.05) is 24.4 Å². The lowest BCUT2D eigenvalue weighted by molar-refractivity contribution is -0.137. The summed E-state index contributed by atoms with van der Waals surface area (Å²) in [7, 11) is 0. The van der Waals surface area contributed by atoms with Crippen LogP contribution in [0.25, 0.3) is 0 Å². The van der Waals surface area contributed by atoms with E-state index < -0.39 is 17.6 Å². The molecule has 1 amide bonds. The van der Waals surface area contributed by atoms with E-state index in [1.54, 1.807) is 18.2 Å². The van der Waals surface area contributed by atoms with Crippen LogP contribution in [-0.2, 0) is 30.4 Å². The Kier molecular flexibility index (Phi) is 6.65. The van der Waals surface area contributed by atoms with Crippen LogP contribution in [0.4, 0.5) is 18.9 Å². The number of hydrogen-bond acceptors (Lipinski definition) is 4. The fourth-order valence-corrected chi connectivity index (χ4v) is 3.35. The monoisotopic (exact) mass is 450 g/mol. The zero-order chi connectivity index (χ0) is 22.6. The standard InChI is InChI=1S/C21H18ClF3N4O2/c22-16-6-14(5-15(9-16)21(23,24)25)8-17(30)7-12-2-1-3-13(4-12)10-27-18-11-28-29-19(18)20(26)31/h1-6,9,11,27H,7-8,10H2,(H2,26,31)(H,28,29). The van der Waals surface area contributed by atoms with Crippen molar-refractivity contribution in [3.63, 3.8) is 0 Å². The molecular weight excluding hydrogens is 433 g/mol. The number of aromatic nitrogens is 2. The van der Waals surface area contributed by atoms with E-state index in [0.717, 1.165) is 17.7 Å². The number of alkyl halides is 3. The van der Waals surface area contributed by atoms with Crippen LogP contribution in [0.2, 0.25) is 5.02 Å². The summed E-state index contributed by atoms with van der Waals surface area (Å²) in [6.45, 7) is 0.352. The number of H-pyrrole nitrogens is 1. The van der Waals surface area contributed by atoms with Crippen molar-refractivity contribution in [2.24, 2.45) is 5.73 Å². The van der Waals surface area contributed by atoms with Gasteiger partial charge in [-0.15, -0.1) is 0 Å². The number of amides is 1. The van der Waals surface area contributed by atoms with E-state index in [2.05, 4.69) is 15.5 Å². The average molecular weight is 451 g/mol. The molecule has 6 nitrogen and oxygen atoms in total. The van der Waals surface area contributed by atoms with Crippen molar-refractivity contribution in [3.8, 4) is 0 Å². The molecule has 31 heavy (non-hydrogen) atoms. The zero-order valence-corrected chi connectivity index (χ0v) is 16.8. The number of ketones is 1. The molecule has 1 aromatic heterocycles. The van der Waals surface area contributed by atoms with Crippen LogP contribution >= 0.6 is 11.6 Å². The molecule has 0 aliphatic rings. The van der Waals surface area contributed by atoms with Crippen LogP contribution in [0.15, 0.2) is 48.7 Å². The molecule has 0 aliphatic carbocycles. The van der Waals surface area contributed by atoms with Crippen LogP contribution < -0.4 is 11.1 Å². The Bertz CT molecular complexity index is 1110. The highest BCUT2D eigenvalue weighted by Gasteiger charge is 2.31. The molecule has 0 bridgehead atoms. The van der Waals surface area contributed by atoms with Gasteiger partial charge >= 0.3 is 6.18 Å². The SMILES string of the molecule is NC(=O)c1[nH]ncc1NCc1cccc(CC(=O)Cc2cc(Cl)cc(C(F)(F)F)c2)c1. The molecule has 0 fully saturated rings. The Morgan fingerprint density at radius 1 is 1.06 bits per heavy atom. The van der Waals surface area contributed by atoms with Crippen molar-refractivity contribution in [3.05, 3.63) is 81.6 Å². The second-order valence-electron chi connectivity index (χ2n) is 6.93. The van der Waals surface area contributed by atoms with Gasteiger partial charge in [0.2, 0.25) is 0 Å². The van der Waals surface area contributed by atoms with Gasteiger partial charge in [0.15, 0.2) is 0 Å². The average Bonchev–Trinajstić information content (AvgIpc) is 3.14. The molecule has 1 heterocycles. The fourth-order valence-electron chi connectivity index (χ4n) is 3.09. The number of nitrogens with one attached hydrogen (secondary N) is 2. The molecule has 162 valence electrons. The van der Waals surface area contributed by atoms with Gasteiger partial charge in [-0.3, -0.25) is 14.7 Å². The quantitative estimate of drug-likeness (QED) is 0.480. The summed E-state index contributed by atoms with van der Waals surface area (Å²) < 4.78 is 38.8. The number of benzene rings is 2. The molecule has 10 heteroatoms. The molecular formula is C21H18ClF3N4O2. The highest BCUT2D eigenvalue weighted by molar-refractivity contribution is 6.30. The van der Waals surface area contributed by atoms with Crippen molar-refractivity contribution in [2.75, 3.05) is 5.32 Å². The van der Waals surface area contributed by atoms with Gasteiger partial charge in [-0.05, 0) is 34.9 Å². The van der Waals surface area contributed by atoms with Crippen LogP contribution in [-0.4, -0.2) is 21.9 Å². The predicted octanol–water partition coefficient (Wildman–Crippen LogP) is 4.15. The number of nitrogens with zero attached hydrogens (tertiary/aromatic N) is 1. The number of rotatable bonds is 8. The maximum absolute atomic E-state index is 12.9. The number of carbonyl (C=O) groups excluding carboxylic acids is 2. The minimum atomic E-state index is -4.53. The van der Waals surface area contributed by atoms with Crippen molar-refractivity contribution in [2.45, 2.75) is 25.6 Å². The number of halogens is 4. The van der Waals surface area contributed by atoms with Crippen molar-refractivity contribution in [1.82, 2.24) is 10.2 Å². The first-order valence-corrected chi connectivity index (χ1v) is 9.53. The van der Waals surface area contributed by atoms with E-state index >= 15 is 0 Å². The van der Waals surface area contributed by atoms with Crippen molar-refractivity contribution < 1.29 is 22.8 Å². The molecule has 0 atom stereocenters. The van der Waals surface area contributed by atoms with Crippen LogP contribution in [0.3, 0.4) is 0 Å². The van der Waals surface area contributed by atoms with Gasteiger partial charge in [0.1, 0.15) is 11.5 Å². The topological polar surface area (TPSA) is 101 Å². The third-order valence-electron chi connectivity index (χ3n) is 4.45. The molecule has 0 aliphatic heterocycles. The van der Waals surface area contributed by atoms with Gasteiger partial charge in [-0.1, -0.05) is 35.9 Å². The Balaban J connectivity index is 1.64. The number of primary amides is 1. The van der Waals surface area contributed by atoms with Crippen molar-refractivity contribution >= 4 is 29.0 Å². The van der Waals surface area contributed by atoms with Crippen LogP contribution in [0.1, 0.15) is 32.7 Å². The summed E-state index contributed by atoms with van der Waals surface area (Å²) in [6.07, 6.45) is -3.20. The van der Waals surface area contributed by atoms with E-state index in [1.165, 1.54) is 12.3 Å². The summed E-state index contributed by atoms with van der Waals surface area (Å²) in [5, 5.41) is 9.24. The molecule has 0 unspecified atom stereocenters. The van der Waals surface area contributed by atoms with Gasteiger partial charge in [-0.25, -0.2) is 0 Å². The predicted molar refractivity (Wildman–Crippen MR) is 110 cm³/mol. The third kappa shape index (κ3) is 6.08. The number of hydrogen-bond donors (Lipinski definition) is 3. The number of nitrogens with two attached hydrogens (primary N) is 1. The molecule has 0 saturated heterocycles. The Morgan fingerprint density at radius 3 is 2.48 bits per heavy atom. The Hall–Kier alpha value is -3.33. The van der Waals surface area contributed by atoms with E-state index in [-0.39, 0.29) is 34.9 Å². The molecule has 0 radical (unpaired) electrons. The number of Topliss-reactive ketones (excluding diaryl/α,β-unsaturated/α-hetero) is 1. The largest absolute Gasteiger partial charge is 0.416 e. The van der Waals surface area contributed by atoms with Gasteiger partial charge in [-0.2, -0.15) is 18.3 Å². The van der Waals surface area contributed by atoms with E-state index in [0.29, 0.717) is 17.8 Å². The summed E-state index contributed by atoms with van der Waals surface area (Å²) in [4.78, 5) is 23.7. The van der Waals surface area contributed by atoms with Crippen LogP contribution in [0, 0.1) is 0 Å². The summed E-state index contributed by atoms with van der Waals surface area (Å²) in [5.41, 5.74) is 6.74. The maximum Gasteiger partial charge on any atom is 0.416 e. The van der Waals surface area contributed by atoms with Crippen molar-refractivity contribution in [1.29, 1.82) is 0 Å². The lowest BCUT2D eigenvalue weighted by atomic mass is 10.00. The smallest absolute Gasteiger partial charge is 0.378 e. The number of anilines is 1. The number of aromatic amines is 1. The number of carbonyl (C=O) groups is 2. The lowest BCUT2D eigenvalue weighted by Gasteiger charge is -2.10. The molecule has 3 aromatic rings.